The lowest BCUT2D eigenvalue weighted by atomic mass is 9.96. The van der Waals surface area contributed by atoms with Gasteiger partial charge < -0.3 is 4.42 Å². The van der Waals surface area contributed by atoms with Crippen molar-refractivity contribution < 1.29 is 14.5 Å². The molecule has 0 saturated carbocycles. The van der Waals surface area contributed by atoms with Crippen LogP contribution >= 0.6 is 0 Å². The number of aryl methyl sites for hydroxylation is 2. The first kappa shape index (κ1) is 14.8. The van der Waals surface area contributed by atoms with Gasteiger partial charge in [-0.3, -0.25) is 0 Å². The van der Waals surface area contributed by atoms with E-state index in [0.29, 0.717) is 33.8 Å². The fourth-order valence-electron chi connectivity index (χ4n) is 3.81. The van der Waals surface area contributed by atoms with Crippen LogP contribution in [0.3, 0.4) is 0 Å². The predicted molar refractivity (Wildman–Crippen MR) is 119 cm³/mol. The quantitative estimate of drug-likeness (QED) is 0.281. The van der Waals surface area contributed by atoms with Crippen molar-refractivity contribution in [2.75, 3.05) is 0 Å². The Labute approximate surface area is 178 Å². The highest BCUT2D eigenvalue weighted by molar-refractivity contribution is 6.11. The zero-order valence-corrected chi connectivity index (χ0v) is 17.7. The van der Waals surface area contributed by atoms with Gasteiger partial charge in [0.05, 0.1) is 14.9 Å². The Morgan fingerprint density at radius 3 is 2.55 bits per heavy atom. The highest BCUT2D eigenvalue weighted by Crippen LogP contribution is 2.39. The molecule has 0 atom stereocenters. The van der Waals surface area contributed by atoms with Gasteiger partial charge in [0.1, 0.15) is 18.2 Å². The Morgan fingerprint density at radius 1 is 1.10 bits per heavy atom. The van der Waals surface area contributed by atoms with Gasteiger partial charge in [-0.2, -0.15) is 4.57 Å². The van der Waals surface area contributed by atoms with Crippen LogP contribution < -0.4 is 4.57 Å². The van der Waals surface area contributed by atoms with Gasteiger partial charge >= 0.3 is 0 Å². The second-order valence-corrected chi connectivity index (χ2v) is 7.90. The first-order chi connectivity index (χ1) is 15.4. The number of rotatable bonds is 3. The Morgan fingerprint density at radius 2 is 1.86 bits per heavy atom. The summed E-state index contributed by atoms with van der Waals surface area (Å²) in [5, 5.41) is 1.69. The number of nitrogens with zero attached hydrogens (tertiary/aromatic N) is 2. The standard InChI is InChI=1S/C26H27N2O/c1-15(2)10-19-12-18(5)28(7)23(13-19)24-16(3)8-9-21-22-14-20(27-6)11-17(4)25(22)29-26(21)24/h8-9,11-15H,10H2,1-5,7H3/q+1/i10D2,12D,13D. The Bertz CT molecular complexity index is 1490. The number of pyridine rings is 1. The molecule has 29 heavy (non-hydrogen) atoms. The monoisotopic (exact) mass is 387 g/mol. The molecule has 2 heterocycles. The molecule has 146 valence electrons. The van der Waals surface area contributed by atoms with E-state index in [2.05, 4.69) is 4.85 Å². The van der Waals surface area contributed by atoms with Crippen LogP contribution in [0, 0.1) is 33.3 Å². The van der Waals surface area contributed by atoms with Gasteiger partial charge in [0.15, 0.2) is 11.4 Å². The number of hydrogen-bond acceptors (Lipinski definition) is 1. The lowest BCUT2D eigenvalue weighted by Crippen LogP contribution is -2.35. The summed E-state index contributed by atoms with van der Waals surface area (Å²) in [6.45, 7) is 16.6. The zero-order chi connectivity index (χ0) is 24.4. The largest absolute Gasteiger partial charge is 0.455 e. The Hall–Kier alpha value is -3.12. The molecule has 4 rings (SSSR count). The minimum atomic E-state index is -1.83. The number of fused-ring (bicyclic) bond motifs is 3. The van der Waals surface area contributed by atoms with Gasteiger partial charge in [-0.15, -0.1) is 0 Å². The van der Waals surface area contributed by atoms with E-state index in [1.165, 1.54) is 0 Å². The molecule has 0 radical (unpaired) electrons. The molecule has 0 spiro atoms. The molecule has 0 amide bonds. The molecule has 0 aliphatic rings. The SMILES string of the molecule is [2H]c1c(C([2H])([2H])C(C)C)c([2H])c(-c2c(C)ccc3c2oc2c(C)cc([N+]#[C-])cc23)[n+](C)c1C. The Balaban J connectivity index is 2.20. The summed E-state index contributed by atoms with van der Waals surface area (Å²) < 4.78 is 43.2. The Kier molecular flexibility index (Phi) is 3.60. The van der Waals surface area contributed by atoms with Gasteiger partial charge in [-0.1, -0.05) is 26.0 Å². The van der Waals surface area contributed by atoms with E-state index in [0.717, 1.165) is 21.9 Å². The van der Waals surface area contributed by atoms with Crippen LogP contribution in [0.1, 0.15) is 41.7 Å². The third kappa shape index (κ3) is 3.19. The summed E-state index contributed by atoms with van der Waals surface area (Å²) in [5.41, 5.74) is 5.51. The van der Waals surface area contributed by atoms with E-state index < -0.39 is 12.3 Å². The molecule has 0 saturated heterocycles. The molecule has 0 aliphatic carbocycles. The maximum Gasteiger partial charge on any atom is 0.216 e. The van der Waals surface area contributed by atoms with Crippen LogP contribution in [-0.4, -0.2) is 0 Å². The van der Waals surface area contributed by atoms with Crippen LogP contribution in [0.2, 0.25) is 0 Å². The third-order valence-corrected chi connectivity index (χ3v) is 5.31. The summed E-state index contributed by atoms with van der Waals surface area (Å²) in [7, 11) is 1.80. The molecule has 2 aromatic heterocycles. The first-order valence-electron chi connectivity index (χ1n) is 11.8. The summed E-state index contributed by atoms with van der Waals surface area (Å²) in [5.74, 6) is -0.400. The average molecular weight is 388 g/mol. The molecule has 0 bridgehead atoms. The molecular formula is C26H27N2O+. The normalized spacial score (nSPS) is 14.0. The third-order valence-electron chi connectivity index (χ3n) is 5.31. The van der Waals surface area contributed by atoms with Crippen LogP contribution in [0.15, 0.2) is 40.8 Å². The highest BCUT2D eigenvalue weighted by atomic mass is 16.3. The second kappa shape index (κ2) is 7.04. The van der Waals surface area contributed by atoms with Crippen molar-refractivity contribution in [2.45, 2.75) is 41.0 Å². The van der Waals surface area contributed by atoms with Crippen LogP contribution in [0.4, 0.5) is 5.69 Å². The molecular weight excluding hydrogens is 356 g/mol. The smallest absolute Gasteiger partial charge is 0.216 e. The van der Waals surface area contributed by atoms with E-state index >= 15 is 0 Å². The van der Waals surface area contributed by atoms with Crippen molar-refractivity contribution in [3.63, 3.8) is 0 Å². The van der Waals surface area contributed by atoms with Crippen molar-refractivity contribution in [2.24, 2.45) is 13.0 Å². The van der Waals surface area contributed by atoms with Crippen molar-refractivity contribution in [3.05, 3.63) is 70.2 Å². The highest BCUT2D eigenvalue weighted by Gasteiger charge is 2.23. The van der Waals surface area contributed by atoms with E-state index in [4.69, 9.17) is 16.5 Å². The molecule has 2 aromatic carbocycles. The van der Waals surface area contributed by atoms with Gasteiger partial charge in [0.2, 0.25) is 5.69 Å². The molecule has 0 fully saturated rings. The van der Waals surface area contributed by atoms with Crippen LogP contribution in [-0.2, 0) is 13.4 Å². The lowest BCUT2D eigenvalue weighted by molar-refractivity contribution is -0.666. The van der Waals surface area contributed by atoms with Gasteiger partial charge in [0, 0.05) is 32.5 Å². The molecule has 0 unspecified atom stereocenters. The molecule has 4 aromatic rings. The van der Waals surface area contributed by atoms with Gasteiger partial charge in [-0.25, -0.2) is 4.85 Å². The lowest BCUT2D eigenvalue weighted by Gasteiger charge is -2.11. The summed E-state index contributed by atoms with van der Waals surface area (Å²) in [4.78, 5) is 3.58. The van der Waals surface area contributed by atoms with Gasteiger partial charge in [-0.05, 0) is 55.0 Å². The van der Waals surface area contributed by atoms with Gasteiger partial charge in [0.25, 0.3) is 0 Å². The predicted octanol–water partition coefficient (Wildman–Crippen LogP) is 6.75. The van der Waals surface area contributed by atoms with E-state index in [1.807, 2.05) is 32.0 Å². The van der Waals surface area contributed by atoms with Crippen molar-refractivity contribution in [1.82, 2.24) is 0 Å². The number of hydrogen-bond donors (Lipinski definition) is 0. The number of aromatic nitrogens is 1. The molecule has 3 heteroatoms. The maximum absolute atomic E-state index is 9.06. The fourth-order valence-corrected chi connectivity index (χ4v) is 3.81. The van der Waals surface area contributed by atoms with E-state index in [-0.39, 0.29) is 17.6 Å². The van der Waals surface area contributed by atoms with Crippen LogP contribution in [0.25, 0.3) is 38.0 Å². The zero-order valence-electron chi connectivity index (χ0n) is 21.7. The summed E-state index contributed by atoms with van der Waals surface area (Å²) >= 11 is 0. The first-order valence-corrected chi connectivity index (χ1v) is 9.76. The fraction of sp³-hybridized carbons (Fsp3) is 0.308. The maximum atomic E-state index is 9.06. The molecule has 0 N–H and O–H groups in total. The summed E-state index contributed by atoms with van der Waals surface area (Å²) in [6.07, 6.45) is -1.83. The average Bonchev–Trinajstić information content (AvgIpc) is 3.12. The number of benzene rings is 2. The summed E-state index contributed by atoms with van der Waals surface area (Å²) in [6, 6.07) is 7.61. The van der Waals surface area contributed by atoms with Crippen molar-refractivity contribution in [1.29, 1.82) is 0 Å². The van der Waals surface area contributed by atoms with E-state index in [1.54, 1.807) is 38.5 Å². The molecule has 3 nitrogen and oxygen atoms in total. The van der Waals surface area contributed by atoms with Crippen molar-refractivity contribution in [3.8, 4) is 11.3 Å². The van der Waals surface area contributed by atoms with E-state index in [9.17, 15) is 0 Å². The van der Waals surface area contributed by atoms with Crippen LogP contribution in [0.5, 0.6) is 0 Å². The minimum absolute atomic E-state index is 0.00132. The second-order valence-electron chi connectivity index (χ2n) is 7.90. The van der Waals surface area contributed by atoms with Crippen molar-refractivity contribution >= 4 is 27.6 Å². The minimum Gasteiger partial charge on any atom is -0.455 e. The topological polar surface area (TPSA) is 21.4 Å². The molecule has 0 aliphatic heterocycles. The number of furan rings is 1.